The fraction of sp³-hybridized carbons (Fsp3) is 0. The summed E-state index contributed by atoms with van der Waals surface area (Å²) in [5, 5.41) is 12.0. The van der Waals surface area contributed by atoms with Gasteiger partial charge in [0.25, 0.3) is 0 Å². The van der Waals surface area contributed by atoms with Crippen molar-refractivity contribution in [3.05, 3.63) is 66.9 Å². The van der Waals surface area contributed by atoms with Crippen LogP contribution in [0.1, 0.15) is 0 Å². The predicted octanol–water partition coefficient (Wildman–Crippen LogP) is 2.85. The summed E-state index contributed by atoms with van der Waals surface area (Å²) in [6.07, 6.45) is 1.81. The summed E-state index contributed by atoms with van der Waals surface area (Å²) >= 11 is 0. The fourth-order valence-corrected chi connectivity index (χ4v) is 2.34. The minimum absolute atomic E-state index is 0.655. The van der Waals surface area contributed by atoms with Crippen molar-refractivity contribution in [3.63, 3.8) is 0 Å². The maximum atomic E-state index is 4.56. The van der Waals surface area contributed by atoms with Crippen LogP contribution in [-0.2, 0) is 0 Å². The van der Waals surface area contributed by atoms with Crippen molar-refractivity contribution in [2.75, 3.05) is 0 Å². The van der Waals surface area contributed by atoms with Crippen molar-refractivity contribution >= 4 is 5.65 Å². The third kappa shape index (κ3) is 1.95. The Labute approximate surface area is 120 Å². The predicted molar refractivity (Wildman–Crippen MR) is 79.4 cm³/mol. The van der Waals surface area contributed by atoms with Crippen molar-refractivity contribution in [2.24, 2.45) is 0 Å². The average molecular weight is 273 g/mol. The molecule has 0 unspecified atom stereocenters. The number of hydrogen-bond acceptors (Lipinski definition) is 4. The average Bonchev–Trinajstić information content (AvgIpc) is 3.05. The lowest BCUT2D eigenvalue weighted by molar-refractivity contribution is 0.826. The lowest BCUT2D eigenvalue weighted by Gasteiger charge is -2.06. The normalized spacial score (nSPS) is 10.9. The molecule has 2 aromatic heterocycles. The highest BCUT2D eigenvalue weighted by atomic mass is 15.5. The first kappa shape index (κ1) is 11.7. The Bertz CT molecular complexity index is 811. The Morgan fingerprint density at radius 1 is 0.762 bits per heavy atom. The Morgan fingerprint density at radius 2 is 1.43 bits per heavy atom. The number of benzene rings is 2. The van der Waals surface area contributed by atoms with Gasteiger partial charge >= 0.3 is 0 Å². The molecule has 0 saturated carbocycles. The van der Waals surface area contributed by atoms with Crippen LogP contribution in [0.2, 0.25) is 0 Å². The van der Waals surface area contributed by atoms with E-state index >= 15 is 0 Å². The van der Waals surface area contributed by atoms with Gasteiger partial charge in [-0.25, -0.2) is 4.98 Å². The van der Waals surface area contributed by atoms with Gasteiger partial charge in [-0.2, -0.15) is 4.52 Å². The van der Waals surface area contributed by atoms with Gasteiger partial charge in [0.2, 0.25) is 5.65 Å². The first-order valence-electron chi connectivity index (χ1n) is 6.61. The summed E-state index contributed by atoms with van der Waals surface area (Å²) < 4.78 is 1.73. The molecular formula is C16H11N5. The van der Waals surface area contributed by atoms with Crippen LogP contribution in [-0.4, -0.2) is 25.0 Å². The first-order valence-corrected chi connectivity index (χ1v) is 6.61. The van der Waals surface area contributed by atoms with E-state index < -0.39 is 0 Å². The maximum absolute atomic E-state index is 4.56. The molecule has 0 saturated heterocycles. The minimum Gasteiger partial charge on any atom is -0.250 e. The van der Waals surface area contributed by atoms with Crippen LogP contribution in [0.4, 0.5) is 0 Å². The van der Waals surface area contributed by atoms with Gasteiger partial charge in [-0.05, 0) is 10.4 Å². The number of fused-ring (bicyclic) bond motifs is 1. The molecule has 2 heterocycles. The molecule has 4 rings (SSSR count). The van der Waals surface area contributed by atoms with Gasteiger partial charge in [-0.3, -0.25) is 0 Å². The van der Waals surface area contributed by atoms with E-state index in [4.69, 9.17) is 0 Å². The standard InChI is InChI=1S/C16H11N5/c1-3-7-12(8-4-1)14-11-17-15(13-9-5-2-6-10-13)16-18-19-20-21(14)16/h1-11H. The maximum Gasteiger partial charge on any atom is 0.206 e. The number of aromatic nitrogens is 5. The zero-order valence-electron chi connectivity index (χ0n) is 11.1. The van der Waals surface area contributed by atoms with Crippen molar-refractivity contribution < 1.29 is 0 Å². The summed E-state index contributed by atoms with van der Waals surface area (Å²) in [5.41, 5.74) is 4.33. The van der Waals surface area contributed by atoms with Gasteiger partial charge in [0.05, 0.1) is 11.9 Å². The van der Waals surface area contributed by atoms with Crippen molar-refractivity contribution in [1.82, 2.24) is 25.0 Å². The van der Waals surface area contributed by atoms with E-state index in [-0.39, 0.29) is 0 Å². The summed E-state index contributed by atoms with van der Waals surface area (Å²) in [5.74, 6) is 0. The second-order valence-corrected chi connectivity index (χ2v) is 4.64. The summed E-state index contributed by atoms with van der Waals surface area (Å²) in [6.45, 7) is 0. The van der Waals surface area contributed by atoms with E-state index in [1.807, 2.05) is 60.7 Å². The van der Waals surface area contributed by atoms with E-state index in [1.165, 1.54) is 0 Å². The number of rotatable bonds is 2. The Hall–Kier alpha value is -3.08. The third-order valence-corrected chi connectivity index (χ3v) is 3.34. The number of tetrazole rings is 1. The largest absolute Gasteiger partial charge is 0.250 e. The second-order valence-electron chi connectivity index (χ2n) is 4.64. The SMILES string of the molecule is c1ccc(-c2ncc(-c3ccccc3)n3nnnc23)cc1. The van der Waals surface area contributed by atoms with Gasteiger partial charge < -0.3 is 0 Å². The third-order valence-electron chi connectivity index (χ3n) is 3.34. The van der Waals surface area contributed by atoms with Gasteiger partial charge in [-0.15, -0.1) is 5.10 Å². The zero-order valence-corrected chi connectivity index (χ0v) is 11.1. The van der Waals surface area contributed by atoms with Crippen LogP contribution < -0.4 is 0 Å². The van der Waals surface area contributed by atoms with Crippen molar-refractivity contribution in [3.8, 4) is 22.5 Å². The highest BCUT2D eigenvalue weighted by molar-refractivity contribution is 5.75. The highest BCUT2D eigenvalue weighted by Crippen LogP contribution is 2.24. The lowest BCUT2D eigenvalue weighted by atomic mass is 10.1. The van der Waals surface area contributed by atoms with Crippen LogP contribution in [0.3, 0.4) is 0 Å². The Kier molecular flexibility index (Phi) is 2.67. The van der Waals surface area contributed by atoms with Gasteiger partial charge in [-0.1, -0.05) is 60.7 Å². The van der Waals surface area contributed by atoms with Crippen LogP contribution in [0.5, 0.6) is 0 Å². The van der Waals surface area contributed by atoms with E-state index in [0.717, 1.165) is 22.5 Å². The molecular weight excluding hydrogens is 262 g/mol. The van der Waals surface area contributed by atoms with E-state index in [1.54, 1.807) is 10.7 Å². The summed E-state index contributed by atoms with van der Waals surface area (Å²) in [6, 6.07) is 19.9. The zero-order chi connectivity index (χ0) is 14.1. The first-order chi connectivity index (χ1) is 10.4. The molecule has 0 aliphatic heterocycles. The molecule has 0 N–H and O–H groups in total. The van der Waals surface area contributed by atoms with Crippen LogP contribution >= 0.6 is 0 Å². The molecule has 5 nitrogen and oxygen atoms in total. The summed E-state index contributed by atoms with van der Waals surface area (Å²) in [7, 11) is 0. The van der Waals surface area contributed by atoms with Crippen LogP contribution in [0.25, 0.3) is 28.2 Å². The second kappa shape index (κ2) is 4.79. The summed E-state index contributed by atoms with van der Waals surface area (Å²) in [4.78, 5) is 4.56. The molecule has 0 bridgehead atoms. The van der Waals surface area contributed by atoms with Crippen LogP contribution in [0.15, 0.2) is 66.9 Å². The van der Waals surface area contributed by atoms with Gasteiger partial charge in [0, 0.05) is 11.1 Å². The molecule has 21 heavy (non-hydrogen) atoms. The molecule has 100 valence electrons. The van der Waals surface area contributed by atoms with E-state index in [2.05, 4.69) is 20.5 Å². The van der Waals surface area contributed by atoms with Crippen molar-refractivity contribution in [2.45, 2.75) is 0 Å². The molecule has 0 atom stereocenters. The smallest absolute Gasteiger partial charge is 0.206 e. The van der Waals surface area contributed by atoms with Crippen LogP contribution in [0, 0.1) is 0 Å². The number of nitrogens with zero attached hydrogens (tertiary/aromatic N) is 5. The van der Waals surface area contributed by atoms with E-state index in [0.29, 0.717) is 5.65 Å². The molecule has 4 aromatic rings. The van der Waals surface area contributed by atoms with Gasteiger partial charge in [0.1, 0.15) is 5.69 Å². The lowest BCUT2D eigenvalue weighted by Crippen LogP contribution is -1.98. The number of hydrogen-bond donors (Lipinski definition) is 0. The quantitative estimate of drug-likeness (QED) is 0.563. The van der Waals surface area contributed by atoms with E-state index in [9.17, 15) is 0 Å². The topological polar surface area (TPSA) is 56.0 Å². The monoisotopic (exact) mass is 273 g/mol. The minimum atomic E-state index is 0.655. The molecule has 0 spiro atoms. The fourth-order valence-electron chi connectivity index (χ4n) is 2.34. The molecule has 0 amide bonds. The van der Waals surface area contributed by atoms with Gasteiger partial charge in [0.15, 0.2) is 0 Å². The molecule has 0 aliphatic rings. The Balaban J connectivity index is 1.97. The molecule has 0 radical (unpaired) electrons. The highest BCUT2D eigenvalue weighted by Gasteiger charge is 2.13. The molecule has 0 fully saturated rings. The molecule has 0 aliphatic carbocycles. The molecule has 2 aromatic carbocycles. The Morgan fingerprint density at radius 3 is 2.14 bits per heavy atom. The van der Waals surface area contributed by atoms with Crippen molar-refractivity contribution in [1.29, 1.82) is 0 Å². The molecule has 5 heteroatoms.